The zero-order valence-corrected chi connectivity index (χ0v) is 24.9. The van der Waals surface area contributed by atoms with E-state index in [-0.39, 0.29) is 41.6 Å². The molecule has 2 N–H and O–H groups in total. The summed E-state index contributed by atoms with van der Waals surface area (Å²) >= 11 is 0. The van der Waals surface area contributed by atoms with Crippen molar-refractivity contribution in [2.24, 2.45) is 17.8 Å². The molecule has 3 aliphatic heterocycles. The minimum atomic E-state index is -0.969. The SMILES string of the molecule is COCCCN1C(=O)C(C)(C)Oc2ccc(N(C(=O)C3CNCC(NC(=O)C(C)C4CCOCC4)C3)C3CC3)cc21. The number of hydrogen-bond acceptors (Lipinski definition) is 7. The molecular formula is C31H46N4O6. The molecule has 4 aliphatic rings. The van der Waals surface area contributed by atoms with Gasteiger partial charge in [0.1, 0.15) is 5.75 Å². The smallest absolute Gasteiger partial charge is 0.270 e. The van der Waals surface area contributed by atoms with Gasteiger partial charge in [0.25, 0.3) is 5.91 Å². The van der Waals surface area contributed by atoms with E-state index in [1.807, 2.05) is 30.0 Å². The molecule has 10 heteroatoms. The van der Waals surface area contributed by atoms with Gasteiger partial charge in [0.2, 0.25) is 11.8 Å². The van der Waals surface area contributed by atoms with E-state index >= 15 is 0 Å². The predicted octanol–water partition coefficient (Wildman–Crippen LogP) is 2.88. The van der Waals surface area contributed by atoms with Gasteiger partial charge >= 0.3 is 0 Å². The number of ether oxygens (including phenoxy) is 3. The van der Waals surface area contributed by atoms with Crippen LogP contribution in [0.1, 0.15) is 59.3 Å². The van der Waals surface area contributed by atoms with Crippen molar-refractivity contribution < 1.29 is 28.6 Å². The molecule has 3 atom stereocenters. The van der Waals surface area contributed by atoms with E-state index in [0.717, 1.165) is 31.4 Å². The molecule has 0 aromatic heterocycles. The fourth-order valence-corrected chi connectivity index (χ4v) is 6.34. The monoisotopic (exact) mass is 570 g/mol. The summed E-state index contributed by atoms with van der Waals surface area (Å²) in [7, 11) is 1.65. The van der Waals surface area contributed by atoms with Crippen molar-refractivity contribution in [3.63, 3.8) is 0 Å². The van der Waals surface area contributed by atoms with E-state index in [2.05, 4.69) is 10.6 Å². The first kappa shape index (κ1) is 29.8. The molecule has 41 heavy (non-hydrogen) atoms. The second-order valence-corrected chi connectivity index (χ2v) is 12.5. The normalized spacial score (nSPS) is 25.2. The summed E-state index contributed by atoms with van der Waals surface area (Å²) in [6.45, 7) is 9.29. The number of fused-ring (bicyclic) bond motifs is 1. The number of nitrogens with zero attached hydrogens (tertiary/aromatic N) is 2. The Morgan fingerprint density at radius 3 is 2.66 bits per heavy atom. The molecule has 1 saturated carbocycles. The lowest BCUT2D eigenvalue weighted by molar-refractivity contribution is -0.132. The highest BCUT2D eigenvalue weighted by molar-refractivity contribution is 6.04. The van der Waals surface area contributed by atoms with Crippen LogP contribution in [0.3, 0.4) is 0 Å². The molecular weight excluding hydrogens is 524 g/mol. The first-order chi connectivity index (χ1) is 19.7. The van der Waals surface area contributed by atoms with Crippen molar-refractivity contribution in [1.82, 2.24) is 10.6 Å². The van der Waals surface area contributed by atoms with Crippen molar-refractivity contribution in [3.05, 3.63) is 18.2 Å². The Hall–Kier alpha value is -2.69. The predicted molar refractivity (Wildman–Crippen MR) is 156 cm³/mol. The summed E-state index contributed by atoms with van der Waals surface area (Å²) in [4.78, 5) is 44.1. The number of anilines is 2. The van der Waals surface area contributed by atoms with Crippen molar-refractivity contribution in [3.8, 4) is 5.75 Å². The molecule has 3 fully saturated rings. The van der Waals surface area contributed by atoms with Crippen molar-refractivity contribution in [2.45, 2.75) is 77.0 Å². The van der Waals surface area contributed by atoms with Crippen LogP contribution in [0.25, 0.3) is 0 Å². The second-order valence-electron chi connectivity index (χ2n) is 12.5. The maximum absolute atomic E-state index is 14.1. The van der Waals surface area contributed by atoms with Crippen LogP contribution in [0, 0.1) is 17.8 Å². The van der Waals surface area contributed by atoms with E-state index in [0.29, 0.717) is 69.7 Å². The number of carbonyl (C=O) groups is 3. The van der Waals surface area contributed by atoms with Crippen LogP contribution in [0.15, 0.2) is 18.2 Å². The third-order valence-corrected chi connectivity index (χ3v) is 8.95. The summed E-state index contributed by atoms with van der Waals surface area (Å²) in [5, 5.41) is 6.61. The topological polar surface area (TPSA) is 109 Å². The summed E-state index contributed by atoms with van der Waals surface area (Å²) in [6, 6.07) is 5.78. The number of rotatable bonds is 10. The first-order valence-corrected chi connectivity index (χ1v) is 15.3. The fraction of sp³-hybridized carbons (Fsp3) is 0.710. The van der Waals surface area contributed by atoms with E-state index in [1.54, 1.807) is 25.9 Å². The Balaban J connectivity index is 1.30. The molecule has 3 heterocycles. The zero-order chi connectivity index (χ0) is 29.1. The number of hydrogen-bond donors (Lipinski definition) is 2. The lowest BCUT2D eigenvalue weighted by atomic mass is 9.86. The number of methoxy groups -OCH3 is 1. The Labute approximate surface area is 243 Å². The van der Waals surface area contributed by atoms with Crippen molar-refractivity contribution in [2.75, 3.05) is 56.4 Å². The van der Waals surface area contributed by atoms with E-state index in [9.17, 15) is 14.4 Å². The number of amides is 3. The average molecular weight is 571 g/mol. The molecule has 1 aromatic rings. The molecule has 1 aliphatic carbocycles. The minimum Gasteiger partial charge on any atom is -0.476 e. The highest BCUT2D eigenvalue weighted by Crippen LogP contribution is 2.43. The standard InChI is InChI=1S/C31H46N4O6/c1-20(21-10-14-40-15-11-21)28(36)33-23-16-22(18-32-19-23)29(37)35(24-6-7-24)25-8-9-27-26(17-25)34(12-5-13-39-4)30(38)31(2,3)41-27/h8-9,17,20-24,32H,5-7,10-16,18-19H2,1-4H3,(H,33,36). The molecule has 0 bridgehead atoms. The van der Waals surface area contributed by atoms with Crippen molar-refractivity contribution in [1.29, 1.82) is 0 Å². The number of carbonyl (C=O) groups excluding carboxylic acids is 3. The van der Waals surface area contributed by atoms with E-state index < -0.39 is 5.60 Å². The van der Waals surface area contributed by atoms with Gasteiger partial charge in [-0.2, -0.15) is 0 Å². The molecule has 0 spiro atoms. The zero-order valence-electron chi connectivity index (χ0n) is 24.9. The lowest BCUT2D eigenvalue weighted by Gasteiger charge is -2.40. The molecule has 0 radical (unpaired) electrons. The first-order valence-electron chi connectivity index (χ1n) is 15.3. The van der Waals surface area contributed by atoms with Gasteiger partial charge in [0.05, 0.1) is 11.6 Å². The number of piperidine rings is 1. The molecule has 5 rings (SSSR count). The van der Waals surface area contributed by atoms with Gasteiger partial charge in [-0.15, -0.1) is 0 Å². The fourth-order valence-electron chi connectivity index (χ4n) is 6.34. The van der Waals surface area contributed by atoms with Crippen LogP contribution in [0.5, 0.6) is 5.75 Å². The van der Waals surface area contributed by atoms with Crippen LogP contribution >= 0.6 is 0 Å². The molecule has 3 unspecified atom stereocenters. The van der Waals surface area contributed by atoms with E-state index in [4.69, 9.17) is 14.2 Å². The maximum Gasteiger partial charge on any atom is 0.270 e. The van der Waals surface area contributed by atoms with Gasteiger partial charge < -0.3 is 34.6 Å². The minimum absolute atomic E-state index is 0.0608. The lowest BCUT2D eigenvalue weighted by Crippen LogP contribution is -2.54. The van der Waals surface area contributed by atoms with E-state index in [1.165, 1.54) is 0 Å². The molecule has 2 saturated heterocycles. The molecule has 226 valence electrons. The Morgan fingerprint density at radius 2 is 1.95 bits per heavy atom. The van der Waals surface area contributed by atoms with Crippen LogP contribution in [0.2, 0.25) is 0 Å². The van der Waals surface area contributed by atoms with Gasteiger partial charge in [-0.3, -0.25) is 14.4 Å². The summed E-state index contributed by atoms with van der Waals surface area (Å²) < 4.78 is 16.8. The average Bonchev–Trinajstić information content (AvgIpc) is 3.81. The summed E-state index contributed by atoms with van der Waals surface area (Å²) in [5.41, 5.74) is 0.502. The Morgan fingerprint density at radius 1 is 1.20 bits per heavy atom. The van der Waals surface area contributed by atoms with Gasteiger partial charge in [-0.05, 0) is 76.5 Å². The highest BCUT2D eigenvalue weighted by Gasteiger charge is 2.43. The third-order valence-electron chi connectivity index (χ3n) is 8.95. The summed E-state index contributed by atoms with van der Waals surface area (Å²) in [6.07, 6.45) is 5.02. The Bertz CT molecular complexity index is 1120. The largest absolute Gasteiger partial charge is 0.476 e. The van der Waals surface area contributed by atoms with Gasteiger partial charge in [-0.25, -0.2) is 0 Å². The molecule has 3 amide bonds. The summed E-state index contributed by atoms with van der Waals surface area (Å²) in [5.74, 6) is 0.668. The quantitative estimate of drug-likeness (QED) is 0.417. The number of nitrogens with one attached hydrogen (secondary N) is 2. The molecule has 10 nitrogen and oxygen atoms in total. The van der Waals surface area contributed by atoms with Crippen LogP contribution in [-0.2, 0) is 23.9 Å². The highest BCUT2D eigenvalue weighted by atomic mass is 16.5. The van der Waals surface area contributed by atoms with Crippen LogP contribution in [0.4, 0.5) is 11.4 Å². The number of benzene rings is 1. The molecule has 1 aromatic carbocycles. The van der Waals surface area contributed by atoms with Crippen LogP contribution < -0.4 is 25.2 Å². The van der Waals surface area contributed by atoms with Crippen molar-refractivity contribution >= 4 is 29.1 Å². The maximum atomic E-state index is 14.1. The Kier molecular flexibility index (Phi) is 9.21. The third kappa shape index (κ3) is 6.70. The van der Waals surface area contributed by atoms with Crippen LogP contribution in [-0.4, -0.2) is 82.0 Å². The second kappa shape index (κ2) is 12.7. The van der Waals surface area contributed by atoms with Gasteiger partial charge in [-0.1, -0.05) is 6.92 Å². The van der Waals surface area contributed by atoms with Gasteiger partial charge in [0.15, 0.2) is 5.60 Å². The van der Waals surface area contributed by atoms with Gasteiger partial charge in [0, 0.05) is 70.3 Å².